The van der Waals surface area contributed by atoms with E-state index in [9.17, 15) is 26.7 Å². The first-order chi connectivity index (χ1) is 8.00. The molecule has 6 heteroatoms. The fourth-order valence-electron chi connectivity index (χ4n) is 1.40. The van der Waals surface area contributed by atoms with Crippen LogP contribution in [0.2, 0.25) is 0 Å². The molecule has 1 rings (SSSR count). The molecule has 0 saturated heterocycles. The summed E-state index contributed by atoms with van der Waals surface area (Å²) in [6.07, 6.45) is 1.04. The van der Waals surface area contributed by atoms with Crippen LogP contribution in [0.25, 0.3) is 0 Å². The fraction of sp³-hybridized carbons (Fsp3) is 0.364. The molecular weight excluding hydrogens is 243 g/mol. The Morgan fingerprint density at radius 2 is 1.24 bits per heavy atom. The van der Waals surface area contributed by atoms with E-state index >= 15 is 0 Å². The van der Waals surface area contributed by atoms with Gasteiger partial charge in [0, 0.05) is 12.0 Å². The van der Waals surface area contributed by atoms with Crippen LogP contribution in [0.5, 0.6) is 0 Å². The van der Waals surface area contributed by atoms with Gasteiger partial charge in [0.2, 0.25) is 5.82 Å². The SMILES string of the molecule is O=CCCCCc1c(F)c(F)c(F)c(F)c1F. The van der Waals surface area contributed by atoms with Crippen molar-refractivity contribution in [3.63, 3.8) is 0 Å². The smallest absolute Gasteiger partial charge is 0.200 e. The predicted molar refractivity (Wildman–Crippen MR) is 49.9 cm³/mol. The van der Waals surface area contributed by atoms with Gasteiger partial charge in [-0.3, -0.25) is 0 Å². The van der Waals surface area contributed by atoms with Crippen molar-refractivity contribution in [2.75, 3.05) is 0 Å². The molecule has 0 unspecified atom stereocenters. The van der Waals surface area contributed by atoms with Crippen LogP contribution in [0.4, 0.5) is 22.0 Å². The third-order valence-electron chi connectivity index (χ3n) is 2.30. The van der Waals surface area contributed by atoms with Crippen LogP contribution in [-0.2, 0) is 11.2 Å². The lowest BCUT2D eigenvalue weighted by molar-refractivity contribution is -0.107. The third kappa shape index (κ3) is 2.81. The van der Waals surface area contributed by atoms with Gasteiger partial charge in [0.25, 0.3) is 0 Å². The van der Waals surface area contributed by atoms with Gasteiger partial charge in [0.05, 0.1) is 0 Å². The lowest BCUT2D eigenvalue weighted by Crippen LogP contribution is -2.07. The summed E-state index contributed by atoms with van der Waals surface area (Å²) in [4.78, 5) is 9.99. The number of hydrogen-bond donors (Lipinski definition) is 0. The quantitative estimate of drug-likeness (QED) is 0.258. The molecule has 0 atom stereocenters. The Labute approximate surface area is 94.2 Å². The minimum Gasteiger partial charge on any atom is -0.303 e. The van der Waals surface area contributed by atoms with Gasteiger partial charge in [-0.2, -0.15) is 0 Å². The van der Waals surface area contributed by atoms with Crippen molar-refractivity contribution in [2.24, 2.45) is 0 Å². The van der Waals surface area contributed by atoms with Gasteiger partial charge in [0.15, 0.2) is 23.3 Å². The number of aldehydes is 1. The molecule has 0 aliphatic rings. The highest BCUT2D eigenvalue weighted by Crippen LogP contribution is 2.24. The van der Waals surface area contributed by atoms with Crippen molar-refractivity contribution >= 4 is 6.29 Å². The molecule has 0 heterocycles. The Morgan fingerprint density at radius 1 is 0.765 bits per heavy atom. The first-order valence-corrected chi connectivity index (χ1v) is 4.94. The lowest BCUT2D eigenvalue weighted by atomic mass is 10.1. The van der Waals surface area contributed by atoms with E-state index in [0.29, 0.717) is 12.7 Å². The summed E-state index contributed by atoms with van der Waals surface area (Å²) in [6.45, 7) is 0. The van der Waals surface area contributed by atoms with Gasteiger partial charge in [0.1, 0.15) is 6.29 Å². The van der Waals surface area contributed by atoms with Gasteiger partial charge in [-0.25, -0.2) is 22.0 Å². The normalized spacial score (nSPS) is 10.6. The average Bonchev–Trinajstić information content (AvgIpc) is 2.33. The zero-order chi connectivity index (χ0) is 13.0. The molecule has 94 valence electrons. The zero-order valence-electron chi connectivity index (χ0n) is 8.70. The van der Waals surface area contributed by atoms with Crippen LogP contribution >= 0.6 is 0 Å². The maximum absolute atomic E-state index is 13.1. The van der Waals surface area contributed by atoms with Crippen molar-refractivity contribution in [1.82, 2.24) is 0 Å². The second-order valence-corrected chi connectivity index (χ2v) is 3.46. The summed E-state index contributed by atoms with van der Waals surface area (Å²) in [5.41, 5.74) is -0.827. The van der Waals surface area contributed by atoms with Crippen molar-refractivity contribution in [2.45, 2.75) is 25.7 Å². The monoisotopic (exact) mass is 252 g/mol. The molecule has 0 aliphatic carbocycles. The number of unbranched alkanes of at least 4 members (excludes halogenated alkanes) is 2. The molecule has 0 spiro atoms. The maximum atomic E-state index is 13.1. The van der Waals surface area contributed by atoms with E-state index in [4.69, 9.17) is 0 Å². The Hall–Kier alpha value is -1.46. The predicted octanol–water partition coefficient (Wildman–Crippen LogP) is 3.29. The highest BCUT2D eigenvalue weighted by molar-refractivity contribution is 5.48. The average molecular weight is 252 g/mol. The number of carbonyl (C=O) groups is 1. The van der Waals surface area contributed by atoms with E-state index in [1.54, 1.807) is 0 Å². The fourth-order valence-corrected chi connectivity index (χ4v) is 1.40. The van der Waals surface area contributed by atoms with Crippen LogP contribution in [0.15, 0.2) is 0 Å². The molecule has 0 radical (unpaired) electrons. The minimum absolute atomic E-state index is 0.178. The molecule has 1 aromatic rings. The molecule has 1 nitrogen and oxygen atoms in total. The molecular formula is C11H9F5O. The summed E-state index contributed by atoms with van der Waals surface area (Å²) in [6, 6.07) is 0. The topological polar surface area (TPSA) is 17.1 Å². The summed E-state index contributed by atoms with van der Waals surface area (Å²) in [5.74, 6) is -9.62. The molecule has 0 fully saturated rings. The summed E-state index contributed by atoms with van der Waals surface area (Å²) in [5, 5.41) is 0. The van der Waals surface area contributed by atoms with Gasteiger partial charge in [-0.15, -0.1) is 0 Å². The Bertz CT molecular complexity index is 401. The van der Waals surface area contributed by atoms with Crippen LogP contribution in [-0.4, -0.2) is 6.29 Å². The molecule has 0 amide bonds. The van der Waals surface area contributed by atoms with Crippen LogP contribution < -0.4 is 0 Å². The van der Waals surface area contributed by atoms with E-state index in [1.807, 2.05) is 0 Å². The van der Waals surface area contributed by atoms with Crippen molar-refractivity contribution in [1.29, 1.82) is 0 Å². The molecule has 0 N–H and O–H groups in total. The van der Waals surface area contributed by atoms with Gasteiger partial charge in [-0.05, 0) is 19.3 Å². The maximum Gasteiger partial charge on any atom is 0.200 e. The van der Waals surface area contributed by atoms with Crippen LogP contribution in [0.3, 0.4) is 0 Å². The van der Waals surface area contributed by atoms with Crippen LogP contribution in [0.1, 0.15) is 24.8 Å². The summed E-state index contributed by atoms with van der Waals surface area (Å²) < 4.78 is 64.4. The van der Waals surface area contributed by atoms with Crippen LogP contribution in [0, 0.1) is 29.1 Å². The minimum atomic E-state index is -2.16. The lowest BCUT2D eigenvalue weighted by Gasteiger charge is -2.07. The first kappa shape index (κ1) is 13.6. The Kier molecular flexibility index (Phi) is 4.60. The largest absolute Gasteiger partial charge is 0.303 e. The second-order valence-electron chi connectivity index (χ2n) is 3.46. The van der Waals surface area contributed by atoms with Gasteiger partial charge in [-0.1, -0.05) is 0 Å². The number of rotatable bonds is 5. The van der Waals surface area contributed by atoms with Crippen molar-refractivity contribution < 1.29 is 26.7 Å². The first-order valence-electron chi connectivity index (χ1n) is 4.94. The summed E-state index contributed by atoms with van der Waals surface area (Å²) in [7, 11) is 0. The Morgan fingerprint density at radius 3 is 1.71 bits per heavy atom. The zero-order valence-corrected chi connectivity index (χ0v) is 8.70. The molecule has 0 aromatic heterocycles. The molecule has 1 aromatic carbocycles. The standard InChI is InChI=1S/C11H9F5O/c12-7-6(4-2-1-3-5-17)8(13)10(15)11(16)9(7)14/h5H,1-4H2. The molecule has 17 heavy (non-hydrogen) atoms. The van der Waals surface area contributed by atoms with Gasteiger partial charge >= 0.3 is 0 Å². The third-order valence-corrected chi connectivity index (χ3v) is 2.30. The number of hydrogen-bond acceptors (Lipinski definition) is 1. The molecule has 0 aliphatic heterocycles. The van der Waals surface area contributed by atoms with E-state index < -0.39 is 34.6 Å². The van der Waals surface area contributed by atoms with E-state index in [0.717, 1.165) is 0 Å². The molecule has 0 bridgehead atoms. The second kappa shape index (κ2) is 5.75. The van der Waals surface area contributed by atoms with E-state index in [1.165, 1.54) is 0 Å². The summed E-state index contributed by atoms with van der Waals surface area (Å²) >= 11 is 0. The highest BCUT2D eigenvalue weighted by atomic mass is 19.2. The van der Waals surface area contributed by atoms with Crippen molar-refractivity contribution in [3.8, 4) is 0 Å². The van der Waals surface area contributed by atoms with Gasteiger partial charge < -0.3 is 4.79 Å². The number of carbonyl (C=O) groups excluding carboxylic acids is 1. The Balaban J connectivity index is 2.95. The van der Waals surface area contributed by atoms with Crippen molar-refractivity contribution in [3.05, 3.63) is 34.6 Å². The highest BCUT2D eigenvalue weighted by Gasteiger charge is 2.24. The van der Waals surface area contributed by atoms with E-state index in [2.05, 4.69) is 0 Å². The number of benzene rings is 1. The van der Waals surface area contributed by atoms with E-state index in [-0.39, 0.29) is 19.3 Å². The molecule has 0 saturated carbocycles. The number of halogens is 5.